The summed E-state index contributed by atoms with van der Waals surface area (Å²) in [6.45, 7) is 2.26. The summed E-state index contributed by atoms with van der Waals surface area (Å²) < 4.78 is 5.45. The first-order chi connectivity index (χ1) is 18.0. The Morgan fingerprint density at radius 2 is 1.68 bits per heavy atom. The molecule has 0 bridgehead atoms. The number of carbonyl (C=O) groups excluding carboxylic acids is 1. The van der Waals surface area contributed by atoms with Crippen molar-refractivity contribution in [3.05, 3.63) is 90.0 Å². The zero-order valence-corrected chi connectivity index (χ0v) is 20.7. The smallest absolute Gasteiger partial charge is 0.305 e. The van der Waals surface area contributed by atoms with Gasteiger partial charge < -0.3 is 20.3 Å². The van der Waals surface area contributed by atoms with Gasteiger partial charge in [0.25, 0.3) is 11.8 Å². The first-order valence-corrected chi connectivity index (χ1v) is 12.4. The van der Waals surface area contributed by atoms with Crippen LogP contribution in [0.5, 0.6) is 0 Å². The Balaban J connectivity index is 1.43. The van der Waals surface area contributed by atoms with E-state index < -0.39 is 5.97 Å². The Hall–Kier alpha value is -4.46. The van der Waals surface area contributed by atoms with Gasteiger partial charge in [0.1, 0.15) is 0 Å². The Kier molecular flexibility index (Phi) is 8.65. The molecule has 190 valence electrons. The van der Waals surface area contributed by atoms with Crippen molar-refractivity contribution < 1.29 is 19.2 Å². The van der Waals surface area contributed by atoms with Gasteiger partial charge in [0.2, 0.25) is 5.82 Å². The summed E-state index contributed by atoms with van der Waals surface area (Å²) in [5.74, 6) is -0.204. The molecule has 4 aromatic rings. The number of hydrogen-bond acceptors (Lipinski definition) is 6. The second kappa shape index (κ2) is 12.5. The fraction of sp³-hybridized carbons (Fsp3) is 0.241. The van der Waals surface area contributed by atoms with Crippen molar-refractivity contribution in [2.24, 2.45) is 0 Å². The molecule has 0 aliphatic carbocycles. The number of carboxylic acid groups (broad SMARTS) is 1. The molecule has 4 rings (SSSR count). The molecular weight excluding hydrogens is 468 g/mol. The molecule has 3 N–H and O–H groups in total. The molecule has 1 heterocycles. The number of carboxylic acids is 1. The van der Waals surface area contributed by atoms with E-state index in [1.807, 2.05) is 54.6 Å². The Morgan fingerprint density at radius 1 is 0.946 bits per heavy atom. The van der Waals surface area contributed by atoms with Gasteiger partial charge in [0.05, 0.1) is 12.5 Å². The van der Waals surface area contributed by atoms with Gasteiger partial charge in [-0.2, -0.15) is 4.98 Å². The van der Waals surface area contributed by atoms with Crippen molar-refractivity contribution >= 4 is 17.6 Å². The molecule has 0 saturated heterocycles. The van der Waals surface area contributed by atoms with Crippen LogP contribution in [0, 0.1) is 0 Å². The van der Waals surface area contributed by atoms with E-state index in [1.165, 1.54) is 0 Å². The quantitative estimate of drug-likeness (QED) is 0.221. The molecule has 1 amide bonds. The van der Waals surface area contributed by atoms with E-state index in [-0.39, 0.29) is 24.9 Å². The van der Waals surface area contributed by atoms with Crippen LogP contribution in [0.2, 0.25) is 0 Å². The third kappa shape index (κ3) is 7.04. The van der Waals surface area contributed by atoms with Crippen molar-refractivity contribution in [1.82, 2.24) is 15.5 Å². The van der Waals surface area contributed by atoms with Crippen molar-refractivity contribution in [2.45, 2.75) is 38.6 Å². The highest BCUT2D eigenvalue weighted by molar-refractivity contribution is 5.94. The zero-order valence-electron chi connectivity index (χ0n) is 20.7. The van der Waals surface area contributed by atoms with Crippen LogP contribution < -0.4 is 10.6 Å². The van der Waals surface area contributed by atoms with Crippen LogP contribution in [0.1, 0.15) is 54.6 Å². The number of nitrogens with one attached hydrogen (secondary N) is 2. The maximum absolute atomic E-state index is 12.2. The number of carbonyl (C=O) groups is 2. The Bertz CT molecular complexity index is 1300. The van der Waals surface area contributed by atoms with E-state index >= 15 is 0 Å². The number of unbranched alkanes of at least 4 members (excludes halogenated alkanes) is 1. The monoisotopic (exact) mass is 498 g/mol. The summed E-state index contributed by atoms with van der Waals surface area (Å²) in [6.07, 6.45) is 2.99. The molecule has 8 nitrogen and oxygen atoms in total. The molecule has 0 aliphatic rings. The van der Waals surface area contributed by atoms with Gasteiger partial charge in [0, 0.05) is 28.9 Å². The van der Waals surface area contributed by atoms with Crippen LogP contribution in [0.3, 0.4) is 0 Å². The molecule has 37 heavy (non-hydrogen) atoms. The van der Waals surface area contributed by atoms with Crippen molar-refractivity contribution in [2.75, 3.05) is 11.9 Å². The number of aliphatic carboxylic acids is 1. The Labute approximate surface area is 215 Å². The number of rotatable bonds is 12. The van der Waals surface area contributed by atoms with Crippen LogP contribution in [-0.2, 0) is 4.79 Å². The van der Waals surface area contributed by atoms with Crippen molar-refractivity contribution in [3.8, 4) is 22.8 Å². The first kappa shape index (κ1) is 25.6. The number of nitrogens with zero attached hydrogens (tertiary/aromatic N) is 2. The van der Waals surface area contributed by atoms with Gasteiger partial charge in [-0.3, -0.25) is 9.59 Å². The van der Waals surface area contributed by atoms with Gasteiger partial charge in [0.15, 0.2) is 0 Å². The number of benzene rings is 3. The lowest BCUT2D eigenvalue weighted by Gasteiger charge is -2.21. The Morgan fingerprint density at radius 3 is 2.35 bits per heavy atom. The molecule has 0 aliphatic heterocycles. The molecule has 0 radical (unpaired) electrons. The standard InChI is InChI=1S/C29H30N4O4/c1-2-3-9-25(31-24-16-14-22(15-17-24)28(36)30-19-18-26(34)35)20-10-12-21(13-11-20)27-32-29(37-33-27)23-7-5-4-6-8-23/h4-8,10-17,25,31H,2-3,9,18-19H2,1H3,(H,30,36)(H,34,35). The second-order valence-corrected chi connectivity index (χ2v) is 8.73. The van der Waals surface area contributed by atoms with E-state index in [9.17, 15) is 9.59 Å². The second-order valence-electron chi connectivity index (χ2n) is 8.73. The average Bonchev–Trinajstić information content (AvgIpc) is 3.42. The predicted octanol–water partition coefficient (Wildman–Crippen LogP) is 5.95. The van der Waals surface area contributed by atoms with Crippen LogP contribution in [-0.4, -0.2) is 33.7 Å². The zero-order chi connectivity index (χ0) is 26.0. The van der Waals surface area contributed by atoms with Gasteiger partial charge in [-0.1, -0.05) is 67.4 Å². The summed E-state index contributed by atoms with van der Waals surface area (Å²) in [6, 6.07) is 25.1. The van der Waals surface area contributed by atoms with Crippen LogP contribution in [0.15, 0.2) is 83.4 Å². The minimum atomic E-state index is -0.944. The number of aromatic nitrogens is 2. The van der Waals surface area contributed by atoms with Gasteiger partial charge in [-0.15, -0.1) is 0 Å². The maximum atomic E-state index is 12.2. The first-order valence-electron chi connectivity index (χ1n) is 12.4. The molecule has 1 atom stereocenters. The largest absolute Gasteiger partial charge is 0.481 e. The SMILES string of the molecule is CCCCC(Nc1ccc(C(=O)NCCC(=O)O)cc1)c1ccc(-c2noc(-c3ccccc3)n2)cc1. The summed E-state index contributed by atoms with van der Waals surface area (Å²) >= 11 is 0. The van der Waals surface area contributed by atoms with Gasteiger partial charge in [-0.25, -0.2) is 0 Å². The summed E-state index contributed by atoms with van der Waals surface area (Å²) in [4.78, 5) is 27.4. The minimum Gasteiger partial charge on any atom is -0.481 e. The van der Waals surface area contributed by atoms with E-state index in [0.29, 0.717) is 17.3 Å². The molecule has 8 heteroatoms. The van der Waals surface area contributed by atoms with E-state index in [0.717, 1.165) is 41.6 Å². The third-order valence-electron chi connectivity index (χ3n) is 5.98. The lowest BCUT2D eigenvalue weighted by Crippen LogP contribution is -2.25. The number of anilines is 1. The predicted molar refractivity (Wildman–Crippen MR) is 142 cm³/mol. The topological polar surface area (TPSA) is 117 Å². The number of amides is 1. The highest BCUT2D eigenvalue weighted by Gasteiger charge is 2.15. The van der Waals surface area contributed by atoms with Gasteiger partial charge >= 0.3 is 5.97 Å². The summed E-state index contributed by atoms with van der Waals surface area (Å²) in [5.41, 5.74) is 4.28. The molecule has 0 spiro atoms. The minimum absolute atomic E-state index is 0.0920. The fourth-order valence-corrected chi connectivity index (χ4v) is 3.94. The molecule has 0 saturated carbocycles. The summed E-state index contributed by atoms with van der Waals surface area (Å²) in [7, 11) is 0. The van der Waals surface area contributed by atoms with E-state index in [2.05, 4.69) is 39.8 Å². The normalized spacial score (nSPS) is 11.6. The summed E-state index contributed by atoms with van der Waals surface area (Å²) in [5, 5.41) is 19.1. The van der Waals surface area contributed by atoms with E-state index in [4.69, 9.17) is 9.63 Å². The fourth-order valence-electron chi connectivity index (χ4n) is 3.94. The lowest BCUT2D eigenvalue weighted by atomic mass is 9.99. The third-order valence-corrected chi connectivity index (χ3v) is 5.98. The molecule has 1 unspecified atom stereocenters. The van der Waals surface area contributed by atoms with Gasteiger partial charge in [-0.05, 0) is 48.4 Å². The van der Waals surface area contributed by atoms with Crippen LogP contribution in [0.25, 0.3) is 22.8 Å². The highest BCUT2D eigenvalue weighted by atomic mass is 16.5. The maximum Gasteiger partial charge on any atom is 0.305 e. The highest BCUT2D eigenvalue weighted by Crippen LogP contribution is 2.28. The van der Waals surface area contributed by atoms with E-state index in [1.54, 1.807) is 12.1 Å². The van der Waals surface area contributed by atoms with Crippen LogP contribution in [0.4, 0.5) is 5.69 Å². The van der Waals surface area contributed by atoms with Crippen LogP contribution >= 0.6 is 0 Å². The number of hydrogen-bond donors (Lipinski definition) is 3. The van der Waals surface area contributed by atoms with Crippen molar-refractivity contribution in [1.29, 1.82) is 0 Å². The molecule has 3 aromatic carbocycles. The average molecular weight is 499 g/mol. The van der Waals surface area contributed by atoms with Crippen molar-refractivity contribution in [3.63, 3.8) is 0 Å². The molecule has 1 aromatic heterocycles. The molecular formula is C29H30N4O4. The molecule has 0 fully saturated rings. The lowest BCUT2D eigenvalue weighted by molar-refractivity contribution is -0.136.